The molecule has 0 radical (unpaired) electrons. The van der Waals surface area contributed by atoms with E-state index in [1.54, 1.807) is 0 Å². The molecule has 0 spiro atoms. The average Bonchev–Trinajstić information content (AvgIpc) is 2.72. The summed E-state index contributed by atoms with van der Waals surface area (Å²) in [6, 6.07) is 27.9. The van der Waals surface area contributed by atoms with Gasteiger partial charge in [0, 0.05) is 12.6 Å². The molecule has 3 rings (SSSR count). The molecule has 0 heterocycles. The first-order chi connectivity index (χ1) is 13.2. The molecule has 28 heavy (non-hydrogen) atoms. The smallest absolute Gasteiger partial charge is 0.120 e. The molecule has 0 amide bonds. The maximum Gasteiger partial charge on any atom is 0.120 e. The van der Waals surface area contributed by atoms with E-state index in [1.807, 2.05) is 6.07 Å². The zero-order chi connectivity index (χ0) is 18.9. The average molecular weight is 396 g/mol. The molecule has 0 aliphatic rings. The molecule has 1 N–H and O–H groups in total. The Hall–Kier alpha value is -2.29. The highest BCUT2D eigenvalue weighted by Gasteiger charge is 2.09. The fourth-order valence-corrected chi connectivity index (χ4v) is 3.20. The first-order valence-corrected chi connectivity index (χ1v) is 9.80. The van der Waals surface area contributed by atoms with Gasteiger partial charge in [0.15, 0.2) is 0 Å². The van der Waals surface area contributed by atoms with Crippen LogP contribution in [0.5, 0.6) is 5.75 Å². The van der Waals surface area contributed by atoms with Crippen LogP contribution in [0.2, 0.25) is 0 Å². The Bertz CT molecular complexity index is 817. The first-order valence-electron chi connectivity index (χ1n) is 9.80. The SMILES string of the molecule is CCCC(NCc1cccc(OCc2ccc(C)cc2)c1)c1ccccc1.Cl. The summed E-state index contributed by atoms with van der Waals surface area (Å²) in [6.07, 6.45) is 2.29. The summed E-state index contributed by atoms with van der Waals surface area (Å²) in [6.45, 7) is 5.76. The number of nitrogens with one attached hydrogen (secondary N) is 1. The largest absolute Gasteiger partial charge is 0.489 e. The standard InChI is InChI=1S/C25H29NO.ClH/c1-3-8-25(23-10-5-4-6-11-23)26-18-22-9-7-12-24(17-22)27-19-21-15-13-20(2)14-16-21;/h4-7,9-17,25-26H,3,8,18-19H2,1-2H3;1H. The number of hydrogen-bond acceptors (Lipinski definition) is 2. The van der Waals surface area contributed by atoms with Gasteiger partial charge in [0.05, 0.1) is 0 Å². The zero-order valence-electron chi connectivity index (χ0n) is 16.7. The summed E-state index contributed by atoms with van der Waals surface area (Å²) >= 11 is 0. The van der Waals surface area contributed by atoms with Crippen molar-refractivity contribution in [1.82, 2.24) is 5.32 Å². The molecular formula is C25H30ClNO. The number of benzene rings is 3. The van der Waals surface area contributed by atoms with E-state index < -0.39 is 0 Å². The van der Waals surface area contributed by atoms with Crippen LogP contribution in [0, 0.1) is 6.92 Å². The molecule has 3 aromatic rings. The minimum Gasteiger partial charge on any atom is -0.489 e. The van der Waals surface area contributed by atoms with Crippen molar-refractivity contribution < 1.29 is 4.74 Å². The summed E-state index contributed by atoms with van der Waals surface area (Å²) in [5.41, 5.74) is 5.06. The van der Waals surface area contributed by atoms with Crippen LogP contribution in [0.25, 0.3) is 0 Å². The first kappa shape index (κ1) is 22.0. The van der Waals surface area contributed by atoms with E-state index in [9.17, 15) is 0 Å². The van der Waals surface area contributed by atoms with Gasteiger partial charge in [-0.15, -0.1) is 12.4 Å². The molecule has 0 aromatic heterocycles. The van der Waals surface area contributed by atoms with E-state index in [0.717, 1.165) is 25.1 Å². The number of rotatable bonds is 9. The van der Waals surface area contributed by atoms with E-state index in [2.05, 4.69) is 92.0 Å². The second-order valence-electron chi connectivity index (χ2n) is 7.05. The van der Waals surface area contributed by atoms with Gasteiger partial charge in [-0.3, -0.25) is 0 Å². The van der Waals surface area contributed by atoms with E-state index in [1.165, 1.54) is 22.3 Å². The lowest BCUT2D eigenvalue weighted by atomic mass is 10.0. The molecule has 1 unspecified atom stereocenters. The van der Waals surface area contributed by atoms with Crippen LogP contribution >= 0.6 is 12.4 Å². The Kier molecular flexibility index (Phi) is 9.06. The van der Waals surface area contributed by atoms with Gasteiger partial charge < -0.3 is 10.1 Å². The van der Waals surface area contributed by atoms with Crippen molar-refractivity contribution in [3.05, 3.63) is 101 Å². The minimum absolute atomic E-state index is 0. The molecule has 2 nitrogen and oxygen atoms in total. The topological polar surface area (TPSA) is 21.3 Å². The third-order valence-corrected chi connectivity index (χ3v) is 4.76. The number of hydrogen-bond donors (Lipinski definition) is 1. The molecule has 3 aromatic carbocycles. The normalized spacial score (nSPS) is 11.5. The summed E-state index contributed by atoms with van der Waals surface area (Å²) < 4.78 is 5.98. The maximum atomic E-state index is 5.98. The van der Waals surface area contributed by atoms with Crippen LogP contribution in [0.4, 0.5) is 0 Å². The Morgan fingerprint density at radius 1 is 0.857 bits per heavy atom. The molecule has 0 aliphatic carbocycles. The second kappa shape index (κ2) is 11.5. The summed E-state index contributed by atoms with van der Waals surface area (Å²) in [5, 5.41) is 3.70. The molecule has 0 saturated heterocycles. The maximum absolute atomic E-state index is 5.98. The van der Waals surface area contributed by atoms with Gasteiger partial charge in [0.2, 0.25) is 0 Å². The van der Waals surface area contributed by atoms with E-state index in [-0.39, 0.29) is 12.4 Å². The van der Waals surface area contributed by atoms with Crippen LogP contribution in [-0.4, -0.2) is 0 Å². The van der Waals surface area contributed by atoms with Gasteiger partial charge in [-0.2, -0.15) is 0 Å². The van der Waals surface area contributed by atoms with Crippen molar-refractivity contribution in [2.75, 3.05) is 0 Å². The van der Waals surface area contributed by atoms with Crippen molar-refractivity contribution in [1.29, 1.82) is 0 Å². The molecule has 0 bridgehead atoms. The van der Waals surface area contributed by atoms with E-state index in [4.69, 9.17) is 4.74 Å². The Labute approximate surface area is 175 Å². The zero-order valence-corrected chi connectivity index (χ0v) is 17.5. The summed E-state index contributed by atoms with van der Waals surface area (Å²) in [5.74, 6) is 0.918. The van der Waals surface area contributed by atoms with E-state index in [0.29, 0.717) is 12.6 Å². The van der Waals surface area contributed by atoms with E-state index >= 15 is 0 Å². The monoisotopic (exact) mass is 395 g/mol. The molecule has 1 atom stereocenters. The predicted octanol–water partition coefficient (Wildman–Crippen LogP) is 6.63. The Balaban J connectivity index is 0.00000280. The number of aryl methyl sites for hydroxylation is 1. The fraction of sp³-hybridized carbons (Fsp3) is 0.280. The van der Waals surface area contributed by atoms with Crippen molar-refractivity contribution >= 4 is 12.4 Å². The van der Waals surface area contributed by atoms with Crippen molar-refractivity contribution in [3.8, 4) is 5.75 Å². The molecule has 0 aliphatic heterocycles. The fourth-order valence-electron chi connectivity index (χ4n) is 3.20. The summed E-state index contributed by atoms with van der Waals surface area (Å²) in [7, 11) is 0. The summed E-state index contributed by atoms with van der Waals surface area (Å²) in [4.78, 5) is 0. The van der Waals surface area contributed by atoms with Gasteiger partial charge in [0.25, 0.3) is 0 Å². The van der Waals surface area contributed by atoms with Crippen LogP contribution in [0.1, 0.15) is 48.1 Å². The van der Waals surface area contributed by atoms with Gasteiger partial charge in [-0.05, 0) is 42.2 Å². The lowest BCUT2D eigenvalue weighted by Crippen LogP contribution is -2.20. The molecule has 0 saturated carbocycles. The van der Waals surface area contributed by atoms with Gasteiger partial charge in [-0.1, -0.05) is 85.6 Å². The number of ether oxygens (including phenoxy) is 1. The molecule has 0 fully saturated rings. The highest BCUT2D eigenvalue weighted by atomic mass is 35.5. The minimum atomic E-state index is 0. The predicted molar refractivity (Wildman–Crippen MR) is 120 cm³/mol. The lowest BCUT2D eigenvalue weighted by molar-refractivity contribution is 0.305. The highest BCUT2D eigenvalue weighted by molar-refractivity contribution is 5.85. The van der Waals surface area contributed by atoms with Crippen LogP contribution in [0.15, 0.2) is 78.9 Å². The Morgan fingerprint density at radius 2 is 1.61 bits per heavy atom. The molecule has 148 valence electrons. The highest BCUT2D eigenvalue weighted by Crippen LogP contribution is 2.20. The molecule has 3 heteroatoms. The van der Waals surface area contributed by atoms with Crippen molar-refractivity contribution in [2.45, 2.75) is 45.9 Å². The Morgan fingerprint density at radius 3 is 2.32 bits per heavy atom. The second-order valence-corrected chi connectivity index (χ2v) is 7.05. The van der Waals surface area contributed by atoms with Crippen molar-refractivity contribution in [2.24, 2.45) is 0 Å². The van der Waals surface area contributed by atoms with Gasteiger partial charge in [0.1, 0.15) is 12.4 Å². The van der Waals surface area contributed by atoms with Crippen LogP contribution in [0.3, 0.4) is 0 Å². The van der Waals surface area contributed by atoms with Gasteiger partial charge >= 0.3 is 0 Å². The van der Waals surface area contributed by atoms with Gasteiger partial charge in [-0.25, -0.2) is 0 Å². The molecular weight excluding hydrogens is 366 g/mol. The lowest BCUT2D eigenvalue weighted by Gasteiger charge is -2.19. The quantitative estimate of drug-likeness (QED) is 0.439. The third-order valence-electron chi connectivity index (χ3n) is 4.76. The number of halogens is 1. The van der Waals surface area contributed by atoms with Crippen LogP contribution in [-0.2, 0) is 13.2 Å². The van der Waals surface area contributed by atoms with Crippen molar-refractivity contribution in [3.63, 3.8) is 0 Å². The third kappa shape index (κ3) is 6.70. The van der Waals surface area contributed by atoms with Crippen LogP contribution < -0.4 is 10.1 Å².